The topological polar surface area (TPSA) is 32.3 Å². The first-order valence-electron chi connectivity index (χ1n) is 8.67. The van der Waals surface area contributed by atoms with Crippen molar-refractivity contribution in [2.45, 2.75) is 32.1 Å². The molecule has 1 saturated heterocycles. The Labute approximate surface area is 150 Å². The standard InChI is InChI=1S/C20H21F3N2O/c21-20(22,23)18-5-3-4-17(12-18)19(26)24-13-15-6-8-16(9-7-15)14-25-10-1-2-11-25/h3-9,12H,1-2,10-11,13-14H2,(H,24,26). The van der Waals surface area contributed by atoms with E-state index in [2.05, 4.69) is 10.2 Å². The quantitative estimate of drug-likeness (QED) is 0.863. The molecule has 0 radical (unpaired) electrons. The maximum Gasteiger partial charge on any atom is 0.416 e. The number of carbonyl (C=O) groups excluding carboxylic acids is 1. The third-order valence-electron chi connectivity index (χ3n) is 4.53. The Morgan fingerprint density at radius 1 is 1.00 bits per heavy atom. The van der Waals surface area contributed by atoms with Gasteiger partial charge in [-0.05, 0) is 55.3 Å². The van der Waals surface area contributed by atoms with E-state index in [1.807, 2.05) is 24.3 Å². The molecular weight excluding hydrogens is 341 g/mol. The zero-order chi connectivity index (χ0) is 18.6. The summed E-state index contributed by atoms with van der Waals surface area (Å²) in [5.74, 6) is -0.516. The van der Waals surface area contributed by atoms with Gasteiger partial charge in [0.05, 0.1) is 5.56 Å². The van der Waals surface area contributed by atoms with Crippen LogP contribution in [0.4, 0.5) is 13.2 Å². The summed E-state index contributed by atoms with van der Waals surface area (Å²) in [5.41, 5.74) is 1.32. The lowest BCUT2D eigenvalue weighted by Crippen LogP contribution is -2.23. The number of nitrogens with zero attached hydrogens (tertiary/aromatic N) is 1. The molecule has 0 bridgehead atoms. The van der Waals surface area contributed by atoms with Gasteiger partial charge in [0.1, 0.15) is 0 Å². The molecule has 0 aromatic heterocycles. The van der Waals surface area contributed by atoms with Crippen LogP contribution in [-0.4, -0.2) is 23.9 Å². The van der Waals surface area contributed by atoms with Crippen molar-refractivity contribution in [1.29, 1.82) is 0 Å². The summed E-state index contributed by atoms with van der Waals surface area (Å²) < 4.78 is 38.2. The van der Waals surface area contributed by atoms with Crippen LogP contribution in [0.2, 0.25) is 0 Å². The predicted molar refractivity (Wildman–Crippen MR) is 93.6 cm³/mol. The molecule has 1 aliphatic rings. The Kier molecular flexibility index (Phi) is 5.61. The molecule has 0 spiro atoms. The highest BCUT2D eigenvalue weighted by Crippen LogP contribution is 2.29. The fourth-order valence-corrected chi connectivity index (χ4v) is 3.08. The number of alkyl halides is 3. The molecule has 0 unspecified atom stereocenters. The molecule has 1 N–H and O–H groups in total. The maximum absolute atomic E-state index is 12.7. The number of halogens is 3. The second kappa shape index (κ2) is 7.91. The molecule has 1 fully saturated rings. The third-order valence-corrected chi connectivity index (χ3v) is 4.53. The normalized spacial score (nSPS) is 15.2. The molecule has 0 aliphatic carbocycles. The molecule has 3 nitrogen and oxygen atoms in total. The summed E-state index contributed by atoms with van der Waals surface area (Å²) >= 11 is 0. The number of nitrogens with one attached hydrogen (secondary N) is 1. The van der Waals surface area contributed by atoms with Gasteiger partial charge in [0, 0.05) is 18.7 Å². The highest BCUT2D eigenvalue weighted by molar-refractivity contribution is 5.94. The van der Waals surface area contributed by atoms with E-state index in [1.165, 1.54) is 30.5 Å². The number of carbonyl (C=O) groups is 1. The SMILES string of the molecule is O=C(NCc1ccc(CN2CCCC2)cc1)c1cccc(C(F)(F)F)c1. The number of rotatable bonds is 5. The summed E-state index contributed by atoms with van der Waals surface area (Å²) in [4.78, 5) is 14.5. The summed E-state index contributed by atoms with van der Waals surface area (Å²) in [6.07, 6.45) is -1.96. The molecule has 0 saturated carbocycles. The van der Waals surface area contributed by atoms with Crippen LogP contribution in [0.1, 0.15) is 39.9 Å². The van der Waals surface area contributed by atoms with Gasteiger partial charge in [0.15, 0.2) is 0 Å². The van der Waals surface area contributed by atoms with E-state index >= 15 is 0 Å². The van der Waals surface area contributed by atoms with Gasteiger partial charge < -0.3 is 5.32 Å². The van der Waals surface area contributed by atoms with E-state index in [0.717, 1.165) is 37.3 Å². The van der Waals surface area contributed by atoms with E-state index in [1.54, 1.807) is 0 Å². The van der Waals surface area contributed by atoms with E-state index in [0.29, 0.717) is 0 Å². The lowest BCUT2D eigenvalue weighted by molar-refractivity contribution is -0.137. The first kappa shape index (κ1) is 18.5. The molecule has 26 heavy (non-hydrogen) atoms. The fourth-order valence-electron chi connectivity index (χ4n) is 3.08. The van der Waals surface area contributed by atoms with Gasteiger partial charge in [-0.3, -0.25) is 9.69 Å². The Morgan fingerprint density at radius 2 is 1.65 bits per heavy atom. The molecule has 0 atom stereocenters. The van der Waals surface area contributed by atoms with Crippen molar-refractivity contribution in [3.63, 3.8) is 0 Å². The van der Waals surface area contributed by atoms with Crippen LogP contribution in [0.25, 0.3) is 0 Å². The Bertz CT molecular complexity index is 750. The van der Waals surface area contributed by atoms with E-state index in [-0.39, 0.29) is 12.1 Å². The van der Waals surface area contributed by atoms with Gasteiger partial charge in [-0.1, -0.05) is 30.3 Å². The smallest absolute Gasteiger partial charge is 0.348 e. The van der Waals surface area contributed by atoms with Crippen molar-refractivity contribution in [3.05, 3.63) is 70.8 Å². The van der Waals surface area contributed by atoms with Crippen LogP contribution in [-0.2, 0) is 19.3 Å². The van der Waals surface area contributed by atoms with Crippen molar-refractivity contribution in [2.24, 2.45) is 0 Å². The maximum atomic E-state index is 12.7. The van der Waals surface area contributed by atoms with E-state index < -0.39 is 17.6 Å². The van der Waals surface area contributed by atoms with Gasteiger partial charge in [-0.25, -0.2) is 0 Å². The number of benzene rings is 2. The Morgan fingerprint density at radius 3 is 2.31 bits per heavy atom. The first-order valence-corrected chi connectivity index (χ1v) is 8.67. The molecule has 2 aromatic rings. The zero-order valence-electron chi connectivity index (χ0n) is 14.4. The minimum absolute atomic E-state index is 0.00507. The number of amides is 1. The highest BCUT2D eigenvalue weighted by atomic mass is 19.4. The molecular formula is C20H21F3N2O. The molecule has 138 valence electrons. The average molecular weight is 362 g/mol. The molecule has 1 amide bonds. The predicted octanol–water partition coefficient (Wildman–Crippen LogP) is 4.23. The van der Waals surface area contributed by atoms with Crippen molar-refractivity contribution >= 4 is 5.91 Å². The fraction of sp³-hybridized carbons (Fsp3) is 0.350. The number of hydrogen-bond donors (Lipinski definition) is 1. The summed E-state index contributed by atoms with van der Waals surface area (Å²) in [6.45, 7) is 3.47. The van der Waals surface area contributed by atoms with Gasteiger partial charge in [-0.15, -0.1) is 0 Å². The van der Waals surface area contributed by atoms with Crippen LogP contribution in [0, 0.1) is 0 Å². The van der Waals surface area contributed by atoms with Crippen LogP contribution in [0.5, 0.6) is 0 Å². The summed E-state index contributed by atoms with van der Waals surface area (Å²) in [5, 5.41) is 2.67. The van der Waals surface area contributed by atoms with Crippen molar-refractivity contribution in [3.8, 4) is 0 Å². The zero-order valence-corrected chi connectivity index (χ0v) is 14.4. The Hall–Kier alpha value is -2.34. The van der Waals surface area contributed by atoms with Gasteiger partial charge in [-0.2, -0.15) is 13.2 Å². The second-order valence-corrected chi connectivity index (χ2v) is 6.56. The minimum Gasteiger partial charge on any atom is -0.348 e. The summed E-state index contributed by atoms with van der Waals surface area (Å²) in [7, 11) is 0. The molecule has 3 rings (SSSR count). The van der Waals surface area contributed by atoms with Crippen molar-refractivity contribution in [2.75, 3.05) is 13.1 Å². The second-order valence-electron chi connectivity index (χ2n) is 6.56. The molecule has 6 heteroatoms. The largest absolute Gasteiger partial charge is 0.416 e. The third kappa shape index (κ3) is 4.85. The molecule has 2 aromatic carbocycles. The minimum atomic E-state index is -4.46. The van der Waals surface area contributed by atoms with Crippen LogP contribution in [0.3, 0.4) is 0 Å². The van der Waals surface area contributed by atoms with Crippen molar-refractivity contribution < 1.29 is 18.0 Å². The number of hydrogen-bond acceptors (Lipinski definition) is 2. The monoisotopic (exact) mass is 362 g/mol. The van der Waals surface area contributed by atoms with Crippen LogP contribution >= 0.6 is 0 Å². The van der Waals surface area contributed by atoms with E-state index in [9.17, 15) is 18.0 Å². The van der Waals surface area contributed by atoms with Crippen LogP contribution < -0.4 is 5.32 Å². The van der Waals surface area contributed by atoms with Gasteiger partial charge in [0.25, 0.3) is 5.91 Å². The highest BCUT2D eigenvalue weighted by Gasteiger charge is 2.30. The molecule has 1 heterocycles. The van der Waals surface area contributed by atoms with Gasteiger partial charge >= 0.3 is 6.18 Å². The number of likely N-dealkylation sites (tertiary alicyclic amines) is 1. The van der Waals surface area contributed by atoms with Crippen LogP contribution in [0.15, 0.2) is 48.5 Å². The van der Waals surface area contributed by atoms with E-state index in [4.69, 9.17) is 0 Å². The Balaban J connectivity index is 1.56. The lowest BCUT2D eigenvalue weighted by Gasteiger charge is -2.14. The lowest BCUT2D eigenvalue weighted by atomic mass is 10.1. The first-order chi connectivity index (χ1) is 12.4. The average Bonchev–Trinajstić information content (AvgIpc) is 3.13. The van der Waals surface area contributed by atoms with Crippen molar-refractivity contribution in [1.82, 2.24) is 10.2 Å². The van der Waals surface area contributed by atoms with Gasteiger partial charge in [0.2, 0.25) is 0 Å². The summed E-state index contributed by atoms with van der Waals surface area (Å²) in [6, 6.07) is 12.4. The molecule has 1 aliphatic heterocycles.